The van der Waals surface area contributed by atoms with Crippen molar-refractivity contribution in [2.45, 2.75) is 47.3 Å². The van der Waals surface area contributed by atoms with Gasteiger partial charge < -0.3 is 10.1 Å². The first-order chi connectivity index (χ1) is 12.8. The van der Waals surface area contributed by atoms with Crippen molar-refractivity contribution in [3.63, 3.8) is 0 Å². The smallest absolute Gasteiger partial charge is 0.261 e. The van der Waals surface area contributed by atoms with Gasteiger partial charge in [-0.2, -0.15) is 10.4 Å². The van der Waals surface area contributed by atoms with E-state index in [1.54, 1.807) is 24.3 Å². The van der Waals surface area contributed by atoms with Gasteiger partial charge in [0.15, 0.2) is 6.10 Å². The molecule has 2 aromatic rings. The monoisotopic (exact) mass is 368 g/mol. The lowest BCUT2D eigenvalue weighted by Gasteiger charge is -2.23. The maximum atomic E-state index is 12.7. The molecule has 0 aliphatic heterocycles. The summed E-state index contributed by atoms with van der Waals surface area (Å²) in [5, 5.41) is 16.7. The second-order valence-corrected chi connectivity index (χ2v) is 7.35. The highest BCUT2D eigenvalue weighted by molar-refractivity contribution is 5.81. The third kappa shape index (κ3) is 5.58. The van der Waals surface area contributed by atoms with Gasteiger partial charge in [0.2, 0.25) is 0 Å². The fourth-order valence-electron chi connectivity index (χ4n) is 2.89. The number of carbonyl (C=O) groups is 1. The minimum absolute atomic E-state index is 0.0249. The fourth-order valence-corrected chi connectivity index (χ4v) is 2.89. The van der Waals surface area contributed by atoms with Crippen LogP contribution in [0.15, 0.2) is 30.3 Å². The maximum Gasteiger partial charge on any atom is 0.261 e. The van der Waals surface area contributed by atoms with Crippen LogP contribution >= 0.6 is 0 Å². The Morgan fingerprint density at radius 1 is 1.30 bits per heavy atom. The molecule has 1 aromatic carbocycles. The van der Waals surface area contributed by atoms with Gasteiger partial charge in [-0.05, 0) is 43.9 Å². The summed E-state index contributed by atoms with van der Waals surface area (Å²) in [7, 11) is 0. The molecule has 0 spiro atoms. The number of hydrogen-bond acceptors (Lipinski definition) is 4. The lowest BCUT2D eigenvalue weighted by Crippen LogP contribution is -2.43. The second-order valence-electron chi connectivity index (χ2n) is 7.35. The van der Waals surface area contributed by atoms with Crippen LogP contribution in [0.4, 0.5) is 0 Å². The minimum atomic E-state index is -0.652. The number of benzene rings is 1. The van der Waals surface area contributed by atoms with Crippen LogP contribution in [-0.4, -0.2) is 28.3 Å². The van der Waals surface area contributed by atoms with Gasteiger partial charge in [0.1, 0.15) is 11.8 Å². The van der Waals surface area contributed by atoms with Gasteiger partial charge in [-0.15, -0.1) is 0 Å². The van der Waals surface area contributed by atoms with Gasteiger partial charge in [0.25, 0.3) is 5.91 Å². The van der Waals surface area contributed by atoms with Crippen molar-refractivity contribution in [2.24, 2.45) is 11.8 Å². The molecule has 0 fully saturated rings. The Morgan fingerprint density at radius 3 is 2.59 bits per heavy atom. The molecule has 0 saturated carbocycles. The topological polar surface area (TPSA) is 79.9 Å². The largest absolute Gasteiger partial charge is 0.479 e. The van der Waals surface area contributed by atoms with E-state index in [9.17, 15) is 10.1 Å². The lowest BCUT2D eigenvalue weighted by molar-refractivity contribution is -0.130. The fraction of sp³-hybridized carbons (Fsp3) is 0.476. The number of nitrogens with zero attached hydrogens (tertiary/aromatic N) is 3. The summed E-state index contributed by atoms with van der Waals surface area (Å²) >= 11 is 0. The lowest BCUT2D eigenvalue weighted by atomic mass is 10.1. The van der Waals surface area contributed by atoms with Gasteiger partial charge in [0, 0.05) is 18.8 Å². The zero-order chi connectivity index (χ0) is 20.0. The summed E-state index contributed by atoms with van der Waals surface area (Å²) < 4.78 is 7.84. The molecule has 0 radical (unpaired) electrons. The normalized spacial score (nSPS) is 13.1. The Kier molecular flexibility index (Phi) is 7.00. The molecule has 2 atom stereocenters. The van der Waals surface area contributed by atoms with Crippen molar-refractivity contribution in [1.29, 1.82) is 5.26 Å². The molecular weight excluding hydrogens is 340 g/mol. The predicted molar refractivity (Wildman–Crippen MR) is 104 cm³/mol. The molecule has 27 heavy (non-hydrogen) atoms. The zero-order valence-electron chi connectivity index (χ0n) is 16.7. The molecule has 2 unspecified atom stereocenters. The van der Waals surface area contributed by atoms with Crippen molar-refractivity contribution < 1.29 is 9.53 Å². The number of para-hydroxylation sites is 1. The first-order valence-corrected chi connectivity index (χ1v) is 9.26. The van der Waals surface area contributed by atoms with E-state index < -0.39 is 6.10 Å². The standard InChI is InChI=1S/C21H28N4O2/c1-14(2)20(27-19-9-7-6-8-18(19)11-22)21(26)23-12-15(3)13-25-17(5)10-16(4)24-25/h6-10,14-15,20H,12-13H2,1-5H3,(H,23,26). The molecule has 0 saturated heterocycles. The highest BCUT2D eigenvalue weighted by Gasteiger charge is 2.25. The van der Waals surface area contributed by atoms with Gasteiger partial charge in [-0.1, -0.05) is 32.9 Å². The minimum Gasteiger partial charge on any atom is -0.479 e. The Morgan fingerprint density at radius 2 is 2.00 bits per heavy atom. The summed E-state index contributed by atoms with van der Waals surface area (Å²) in [6, 6.07) is 11.1. The summed E-state index contributed by atoms with van der Waals surface area (Å²) in [4.78, 5) is 12.7. The third-order valence-corrected chi connectivity index (χ3v) is 4.34. The molecule has 1 N–H and O–H groups in total. The number of nitrogens with one attached hydrogen (secondary N) is 1. The average Bonchev–Trinajstić information content (AvgIpc) is 2.94. The van der Waals surface area contributed by atoms with Crippen LogP contribution in [0.2, 0.25) is 0 Å². The Labute approximate surface area is 161 Å². The molecular formula is C21H28N4O2. The van der Waals surface area contributed by atoms with Gasteiger partial charge in [-0.3, -0.25) is 9.48 Å². The first-order valence-electron chi connectivity index (χ1n) is 9.26. The van der Waals surface area contributed by atoms with Crippen LogP contribution in [0.3, 0.4) is 0 Å². The third-order valence-electron chi connectivity index (χ3n) is 4.34. The van der Waals surface area contributed by atoms with Gasteiger partial charge >= 0.3 is 0 Å². The van der Waals surface area contributed by atoms with E-state index in [1.165, 1.54) is 0 Å². The van der Waals surface area contributed by atoms with E-state index in [-0.39, 0.29) is 17.7 Å². The Hall–Kier alpha value is -2.81. The first kappa shape index (κ1) is 20.5. The highest BCUT2D eigenvalue weighted by atomic mass is 16.5. The van der Waals surface area contributed by atoms with E-state index in [4.69, 9.17) is 4.74 Å². The molecule has 6 heteroatoms. The highest BCUT2D eigenvalue weighted by Crippen LogP contribution is 2.21. The van der Waals surface area contributed by atoms with E-state index in [1.807, 2.05) is 38.4 Å². The number of aromatic nitrogens is 2. The zero-order valence-corrected chi connectivity index (χ0v) is 16.7. The van der Waals surface area contributed by atoms with Crippen molar-refractivity contribution in [2.75, 3.05) is 6.54 Å². The van der Waals surface area contributed by atoms with Crippen LogP contribution in [0.25, 0.3) is 0 Å². The van der Waals surface area contributed by atoms with Crippen LogP contribution in [0.1, 0.15) is 37.7 Å². The van der Waals surface area contributed by atoms with E-state index >= 15 is 0 Å². The quantitative estimate of drug-likeness (QED) is 0.776. The molecule has 1 aromatic heterocycles. The van der Waals surface area contributed by atoms with E-state index in [2.05, 4.69) is 23.4 Å². The van der Waals surface area contributed by atoms with Crippen molar-refractivity contribution in [3.8, 4) is 11.8 Å². The maximum absolute atomic E-state index is 12.7. The summed E-state index contributed by atoms with van der Waals surface area (Å²) in [5.41, 5.74) is 2.53. The molecule has 0 bridgehead atoms. The van der Waals surface area contributed by atoms with Crippen LogP contribution in [-0.2, 0) is 11.3 Å². The Bertz CT molecular complexity index is 820. The number of carbonyl (C=O) groups excluding carboxylic acids is 1. The molecule has 0 aliphatic carbocycles. The molecule has 6 nitrogen and oxygen atoms in total. The molecule has 0 aliphatic rings. The number of rotatable bonds is 8. The number of nitriles is 1. The van der Waals surface area contributed by atoms with E-state index in [0.717, 1.165) is 17.9 Å². The summed E-state index contributed by atoms with van der Waals surface area (Å²) in [6.45, 7) is 11.2. The van der Waals surface area contributed by atoms with Crippen molar-refractivity contribution in [1.82, 2.24) is 15.1 Å². The molecule has 1 amide bonds. The molecule has 1 heterocycles. The van der Waals surface area contributed by atoms with Crippen molar-refractivity contribution in [3.05, 3.63) is 47.3 Å². The number of ether oxygens (including phenoxy) is 1. The van der Waals surface area contributed by atoms with Crippen molar-refractivity contribution >= 4 is 5.91 Å². The SMILES string of the molecule is Cc1cc(C)n(CC(C)CNC(=O)C(Oc2ccccc2C#N)C(C)C)n1. The average molecular weight is 368 g/mol. The molecule has 144 valence electrons. The summed E-state index contributed by atoms with van der Waals surface area (Å²) in [5.74, 6) is 0.469. The van der Waals surface area contributed by atoms with Crippen LogP contribution in [0, 0.1) is 37.0 Å². The van der Waals surface area contributed by atoms with E-state index in [0.29, 0.717) is 17.9 Å². The number of aryl methyl sites for hydroxylation is 2. The van der Waals surface area contributed by atoms with Crippen LogP contribution < -0.4 is 10.1 Å². The van der Waals surface area contributed by atoms with Crippen LogP contribution in [0.5, 0.6) is 5.75 Å². The van der Waals surface area contributed by atoms with Gasteiger partial charge in [0.05, 0.1) is 11.3 Å². The molecule has 2 rings (SSSR count). The Balaban J connectivity index is 1.96. The number of amides is 1. The second kappa shape index (κ2) is 9.22. The number of hydrogen-bond donors (Lipinski definition) is 1. The predicted octanol–water partition coefficient (Wildman–Crippen LogP) is 3.23. The van der Waals surface area contributed by atoms with Gasteiger partial charge in [-0.25, -0.2) is 0 Å². The summed E-state index contributed by atoms with van der Waals surface area (Å²) in [6.07, 6.45) is -0.652.